The lowest BCUT2D eigenvalue weighted by molar-refractivity contribution is -0.00475. The zero-order valence-corrected chi connectivity index (χ0v) is 21.3. The number of aryl methyl sites for hydroxylation is 2. The number of ether oxygens (including phenoxy) is 2. The zero-order valence-electron chi connectivity index (χ0n) is 21.3. The lowest BCUT2D eigenvalue weighted by atomic mass is 10.1. The maximum Gasteiger partial charge on any atom is 0.350 e. The van der Waals surface area contributed by atoms with Gasteiger partial charge in [-0.15, -0.1) is 0 Å². The predicted molar refractivity (Wildman–Crippen MR) is 130 cm³/mol. The topological polar surface area (TPSA) is 186 Å². The molecule has 6 atom stereocenters. The van der Waals surface area contributed by atoms with Crippen molar-refractivity contribution in [2.75, 3.05) is 0 Å². The first-order valence-electron chi connectivity index (χ1n) is 12.0. The highest BCUT2D eigenvalue weighted by molar-refractivity contribution is 5.02. The fourth-order valence-electron chi connectivity index (χ4n) is 4.35. The molecule has 0 aromatic carbocycles. The Morgan fingerprint density at radius 2 is 1.24 bits per heavy atom. The van der Waals surface area contributed by atoms with E-state index in [-0.39, 0.29) is 35.7 Å². The quantitative estimate of drug-likeness (QED) is 0.304. The molecule has 0 radical (unpaired) electrons. The maximum absolute atomic E-state index is 13.5. The van der Waals surface area contributed by atoms with E-state index < -0.39 is 35.5 Å². The molecule has 0 N–H and O–H groups in total. The summed E-state index contributed by atoms with van der Waals surface area (Å²) >= 11 is 0. The zero-order chi connectivity index (χ0) is 28.0. The van der Waals surface area contributed by atoms with Crippen molar-refractivity contribution < 1.29 is 18.3 Å². The third-order valence-electron chi connectivity index (χ3n) is 6.40. The Bertz CT molecular complexity index is 1270. The first-order valence-corrected chi connectivity index (χ1v) is 12.0. The molecule has 0 spiro atoms. The van der Waals surface area contributed by atoms with Crippen molar-refractivity contribution in [1.29, 1.82) is 0 Å². The summed E-state index contributed by atoms with van der Waals surface area (Å²) in [7, 11) is 0. The number of azide groups is 2. The largest absolute Gasteiger partial charge is 0.354 e. The van der Waals surface area contributed by atoms with Gasteiger partial charge in [-0.25, -0.2) is 18.4 Å². The molecular weight excluding hydrogens is 506 g/mol. The number of aromatic nitrogens is 4. The molecule has 0 aliphatic carbocycles. The van der Waals surface area contributed by atoms with Gasteiger partial charge in [-0.05, 0) is 37.8 Å². The highest BCUT2D eigenvalue weighted by atomic mass is 19.1. The van der Waals surface area contributed by atoms with Crippen molar-refractivity contribution in [1.82, 2.24) is 19.1 Å². The van der Waals surface area contributed by atoms with E-state index >= 15 is 0 Å². The van der Waals surface area contributed by atoms with Crippen molar-refractivity contribution in [3.05, 3.63) is 77.3 Å². The molecule has 14 nitrogen and oxygen atoms in total. The monoisotopic (exact) mass is 534 g/mol. The summed E-state index contributed by atoms with van der Waals surface area (Å²) in [5, 5.41) is 7.29. The predicted octanol–water partition coefficient (Wildman–Crippen LogP) is 4.13. The minimum atomic E-state index is -0.643. The summed E-state index contributed by atoms with van der Waals surface area (Å²) < 4.78 is 40.4. The molecule has 2 aliphatic rings. The van der Waals surface area contributed by atoms with E-state index in [0.717, 1.165) is 21.5 Å². The van der Waals surface area contributed by atoms with Crippen LogP contribution in [0.25, 0.3) is 20.9 Å². The van der Waals surface area contributed by atoms with Gasteiger partial charge in [0.15, 0.2) is 11.6 Å². The van der Waals surface area contributed by atoms with Crippen LogP contribution in [-0.2, 0) is 9.47 Å². The van der Waals surface area contributed by atoms with Gasteiger partial charge in [0.1, 0.15) is 12.5 Å². The Morgan fingerprint density at radius 1 is 0.868 bits per heavy atom. The van der Waals surface area contributed by atoms with Crippen LogP contribution in [0.1, 0.15) is 63.4 Å². The van der Waals surface area contributed by atoms with Gasteiger partial charge in [-0.3, -0.25) is 9.13 Å². The number of hydrogen-bond donors (Lipinski definition) is 0. The van der Waals surface area contributed by atoms with Gasteiger partial charge in [0.05, 0.1) is 35.7 Å². The van der Waals surface area contributed by atoms with Crippen LogP contribution in [-0.4, -0.2) is 43.4 Å². The molecule has 2 aromatic heterocycles. The molecule has 4 heterocycles. The Hall–Kier alpha value is -3.84. The normalized spacial score (nSPS) is 26.2. The average Bonchev–Trinajstić information content (AvgIpc) is 3.48. The maximum atomic E-state index is 13.5. The van der Waals surface area contributed by atoms with Crippen LogP contribution in [0, 0.1) is 25.5 Å². The minimum absolute atomic E-state index is 0.0536. The summed E-state index contributed by atoms with van der Waals surface area (Å²) in [5.74, 6) is -1.13. The van der Waals surface area contributed by atoms with Crippen molar-refractivity contribution in [3.63, 3.8) is 0 Å². The third-order valence-corrected chi connectivity index (χ3v) is 6.40. The summed E-state index contributed by atoms with van der Waals surface area (Å²) in [5.41, 5.74) is 16.0. The molecule has 2 aromatic rings. The Labute approximate surface area is 215 Å². The molecule has 0 saturated carbocycles. The molecule has 2 aliphatic heterocycles. The molecule has 4 rings (SSSR count). The Morgan fingerprint density at radius 3 is 1.55 bits per heavy atom. The fourth-order valence-corrected chi connectivity index (χ4v) is 4.35. The summed E-state index contributed by atoms with van der Waals surface area (Å²) in [6, 6.07) is -0.701. The lowest BCUT2D eigenvalue weighted by Gasteiger charge is -2.15. The smallest absolute Gasteiger partial charge is 0.350 e. The van der Waals surface area contributed by atoms with Gasteiger partial charge >= 0.3 is 11.4 Å². The van der Waals surface area contributed by atoms with Gasteiger partial charge in [0.2, 0.25) is 0 Å². The van der Waals surface area contributed by atoms with Crippen LogP contribution in [0.3, 0.4) is 0 Å². The average molecular weight is 535 g/mol. The lowest BCUT2D eigenvalue weighted by Crippen LogP contribution is -2.28. The molecule has 2 fully saturated rings. The fraction of sp³-hybridized carbons (Fsp3) is 0.636. The van der Waals surface area contributed by atoms with E-state index in [1.165, 1.54) is 13.8 Å². The van der Waals surface area contributed by atoms with Crippen molar-refractivity contribution in [2.24, 2.45) is 10.2 Å². The standard InChI is InChI=1S/2C11H14FN5O2/c2*1-3-9-8(15-16-13)4-10(19-9)17-5-7(12)6(2)14-11(17)18/h2*5,8-10H,3-4H2,1-2H3/t8?,9-,10-;8-,9+,10+/m01/s1. The van der Waals surface area contributed by atoms with Crippen LogP contribution in [0.2, 0.25) is 0 Å². The van der Waals surface area contributed by atoms with E-state index in [4.69, 9.17) is 20.5 Å². The summed E-state index contributed by atoms with van der Waals surface area (Å²) in [6.45, 7) is 6.63. The highest BCUT2D eigenvalue weighted by Gasteiger charge is 2.36. The van der Waals surface area contributed by atoms with E-state index in [2.05, 4.69) is 30.0 Å². The second-order valence-electron chi connectivity index (χ2n) is 8.82. The SMILES string of the molecule is CC[C@@H]1O[C@H](n2cc(F)c(C)nc2=O)CC1N=[N+]=[N-].CC[C@@H]1O[C@H](n2cc(F)c(C)nc2=O)C[C@H]1N=[N+]=[N-]. The van der Waals surface area contributed by atoms with E-state index in [1.807, 2.05) is 13.8 Å². The van der Waals surface area contributed by atoms with Crippen LogP contribution < -0.4 is 11.4 Å². The number of hydrogen-bond acceptors (Lipinski definition) is 8. The first kappa shape index (κ1) is 28.7. The van der Waals surface area contributed by atoms with Gasteiger partial charge in [0, 0.05) is 35.1 Å². The molecular formula is C22H28F2N10O4. The molecule has 0 bridgehead atoms. The molecule has 38 heavy (non-hydrogen) atoms. The third kappa shape index (κ3) is 6.34. The summed E-state index contributed by atoms with van der Waals surface area (Å²) in [4.78, 5) is 36.2. The Balaban J connectivity index is 0.000000211. The molecule has 204 valence electrons. The van der Waals surface area contributed by atoms with Crippen molar-refractivity contribution >= 4 is 0 Å². The van der Waals surface area contributed by atoms with Crippen LogP contribution in [0.15, 0.2) is 32.2 Å². The molecule has 0 amide bonds. The van der Waals surface area contributed by atoms with E-state index in [1.54, 1.807) is 0 Å². The molecule has 16 heteroatoms. The number of nitrogens with zero attached hydrogens (tertiary/aromatic N) is 10. The second-order valence-corrected chi connectivity index (χ2v) is 8.82. The number of rotatable bonds is 6. The first-order chi connectivity index (χ1) is 18.1. The van der Waals surface area contributed by atoms with E-state index in [0.29, 0.717) is 25.7 Å². The number of halogens is 2. The van der Waals surface area contributed by atoms with Crippen molar-refractivity contribution in [2.45, 2.75) is 90.1 Å². The highest BCUT2D eigenvalue weighted by Crippen LogP contribution is 2.32. The minimum Gasteiger partial charge on any atom is -0.354 e. The summed E-state index contributed by atoms with van der Waals surface area (Å²) in [6.07, 6.45) is 2.33. The van der Waals surface area contributed by atoms with Gasteiger partial charge < -0.3 is 9.47 Å². The van der Waals surface area contributed by atoms with Crippen molar-refractivity contribution in [3.8, 4) is 0 Å². The van der Waals surface area contributed by atoms with Crippen LogP contribution in [0.5, 0.6) is 0 Å². The second kappa shape index (κ2) is 12.6. The van der Waals surface area contributed by atoms with Crippen LogP contribution >= 0.6 is 0 Å². The van der Waals surface area contributed by atoms with Gasteiger partial charge in [0.25, 0.3) is 0 Å². The van der Waals surface area contributed by atoms with Gasteiger partial charge in [-0.1, -0.05) is 24.1 Å². The van der Waals surface area contributed by atoms with Crippen LogP contribution in [0.4, 0.5) is 8.78 Å². The molecule has 2 saturated heterocycles. The Kier molecular flexibility index (Phi) is 9.53. The van der Waals surface area contributed by atoms with E-state index in [9.17, 15) is 18.4 Å². The molecule has 1 unspecified atom stereocenters. The van der Waals surface area contributed by atoms with Gasteiger partial charge in [-0.2, -0.15) is 9.97 Å².